The quantitative estimate of drug-likeness (QED) is 0.187. The van der Waals surface area contributed by atoms with E-state index in [-0.39, 0.29) is 5.91 Å². The summed E-state index contributed by atoms with van der Waals surface area (Å²) in [5, 5.41) is 5.87. The molecular formula is C27H22N2O5. The van der Waals surface area contributed by atoms with Crippen LogP contribution in [0.5, 0.6) is 17.2 Å². The molecule has 0 radical (unpaired) electrons. The van der Waals surface area contributed by atoms with Gasteiger partial charge in [0.1, 0.15) is 17.2 Å². The lowest BCUT2D eigenvalue weighted by Crippen LogP contribution is -2.17. The van der Waals surface area contributed by atoms with Gasteiger partial charge in [-0.25, -0.2) is 10.2 Å². The zero-order chi connectivity index (χ0) is 23.9. The number of hydrogen-bond acceptors (Lipinski definition) is 6. The Labute approximate surface area is 196 Å². The van der Waals surface area contributed by atoms with E-state index in [1.165, 1.54) is 6.21 Å². The molecule has 0 aromatic heterocycles. The van der Waals surface area contributed by atoms with Gasteiger partial charge in [0, 0.05) is 11.1 Å². The number of hydrogen-bond donors (Lipinski definition) is 1. The predicted octanol–water partition coefficient (Wildman–Crippen LogP) is 4.84. The Morgan fingerprint density at radius 2 is 1.38 bits per heavy atom. The van der Waals surface area contributed by atoms with E-state index >= 15 is 0 Å². The van der Waals surface area contributed by atoms with E-state index in [1.54, 1.807) is 68.8 Å². The fourth-order valence-electron chi connectivity index (χ4n) is 3.35. The second kappa shape index (κ2) is 10.3. The molecule has 7 heteroatoms. The Hall–Kier alpha value is -4.65. The highest BCUT2D eigenvalue weighted by Crippen LogP contribution is 2.27. The van der Waals surface area contributed by atoms with Crippen molar-refractivity contribution < 1.29 is 23.8 Å². The molecule has 0 spiro atoms. The van der Waals surface area contributed by atoms with Gasteiger partial charge in [-0.15, -0.1) is 0 Å². The number of nitrogens with one attached hydrogen (secondary N) is 1. The van der Waals surface area contributed by atoms with E-state index in [0.717, 1.165) is 10.8 Å². The minimum Gasteiger partial charge on any atom is -0.497 e. The van der Waals surface area contributed by atoms with Gasteiger partial charge >= 0.3 is 5.97 Å². The van der Waals surface area contributed by atoms with Crippen LogP contribution in [-0.2, 0) is 0 Å². The molecule has 170 valence electrons. The summed E-state index contributed by atoms with van der Waals surface area (Å²) in [5.74, 6) is 0.717. The number of rotatable bonds is 7. The second-order valence-electron chi connectivity index (χ2n) is 7.24. The van der Waals surface area contributed by atoms with Crippen molar-refractivity contribution in [3.8, 4) is 17.2 Å². The Balaban J connectivity index is 1.58. The first-order chi connectivity index (χ1) is 16.6. The fraction of sp³-hybridized carbons (Fsp3) is 0.0741. The van der Waals surface area contributed by atoms with Crippen LogP contribution in [0.2, 0.25) is 0 Å². The molecule has 7 nitrogen and oxygen atoms in total. The van der Waals surface area contributed by atoms with Crippen LogP contribution in [0, 0.1) is 0 Å². The Morgan fingerprint density at radius 3 is 2.03 bits per heavy atom. The van der Waals surface area contributed by atoms with Crippen molar-refractivity contribution in [1.29, 1.82) is 0 Å². The number of ether oxygens (including phenoxy) is 3. The smallest absolute Gasteiger partial charge is 0.343 e. The zero-order valence-electron chi connectivity index (χ0n) is 18.6. The van der Waals surface area contributed by atoms with Crippen molar-refractivity contribution in [3.63, 3.8) is 0 Å². The van der Waals surface area contributed by atoms with Gasteiger partial charge in [0.15, 0.2) is 0 Å². The summed E-state index contributed by atoms with van der Waals surface area (Å²) in [6.45, 7) is 0. The molecule has 0 unspecified atom stereocenters. The second-order valence-corrected chi connectivity index (χ2v) is 7.24. The lowest BCUT2D eigenvalue weighted by molar-refractivity contribution is 0.0734. The summed E-state index contributed by atoms with van der Waals surface area (Å²) in [7, 11) is 3.12. The molecule has 0 aliphatic rings. The van der Waals surface area contributed by atoms with Gasteiger partial charge in [-0.3, -0.25) is 4.79 Å². The topological polar surface area (TPSA) is 86.2 Å². The Kier molecular flexibility index (Phi) is 6.84. The van der Waals surface area contributed by atoms with Crippen LogP contribution in [0.3, 0.4) is 0 Å². The van der Waals surface area contributed by atoms with E-state index in [0.29, 0.717) is 33.9 Å². The van der Waals surface area contributed by atoms with Crippen LogP contribution in [0.15, 0.2) is 90.0 Å². The summed E-state index contributed by atoms with van der Waals surface area (Å²) < 4.78 is 15.9. The third kappa shape index (κ3) is 5.05. The van der Waals surface area contributed by atoms with Gasteiger partial charge in [0.05, 0.1) is 26.0 Å². The monoisotopic (exact) mass is 454 g/mol. The summed E-state index contributed by atoms with van der Waals surface area (Å²) in [6.07, 6.45) is 1.47. The zero-order valence-corrected chi connectivity index (χ0v) is 18.6. The maximum atomic E-state index is 12.7. The van der Waals surface area contributed by atoms with Gasteiger partial charge in [0.2, 0.25) is 0 Å². The fourth-order valence-corrected chi connectivity index (χ4v) is 3.35. The summed E-state index contributed by atoms with van der Waals surface area (Å²) >= 11 is 0. The number of carbonyl (C=O) groups is 2. The lowest BCUT2D eigenvalue weighted by atomic mass is 10.0. The molecule has 0 heterocycles. The van der Waals surface area contributed by atoms with Crippen molar-refractivity contribution in [3.05, 3.63) is 102 Å². The van der Waals surface area contributed by atoms with Crippen LogP contribution >= 0.6 is 0 Å². The first-order valence-electron chi connectivity index (χ1n) is 10.4. The molecule has 0 bridgehead atoms. The summed E-state index contributed by atoms with van der Waals surface area (Å²) in [5.41, 5.74) is 3.89. The lowest BCUT2D eigenvalue weighted by Gasteiger charge is -2.11. The highest BCUT2D eigenvalue weighted by molar-refractivity contribution is 6.04. The third-order valence-electron chi connectivity index (χ3n) is 5.17. The van der Waals surface area contributed by atoms with E-state index in [4.69, 9.17) is 14.2 Å². The average molecular weight is 454 g/mol. The molecule has 0 saturated heterocycles. The number of esters is 1. The highest BCUT2D eigenvalue weighted by Gasteiger charge is 2.14. The highest BCUT2D eigenvalue weighted by atomic mass is 16.5. The first-order valence-corrected chi connectivity index (χ1v) is 10.4. The number of amides is 1. The van der Waals surface area contributed by atoms with Crippen LogP contribution in [0.25, 0.3) is 10.8 Å². The molecule has 0 aliphatic heterocycles. The Bertz CT molecular complexity index is 1350. The molecule has 1 amide bonds. The first kappa shape index (κ1) is 22.5. The molecule has 4 rings (SSSR count). The molecule has 0 atom stereocenters. The van der Waals surface area contributed by atoms with E-state index in [2.05, 4.69) is 10.5 Å². The van der Waals surface area contributed by atoms with Crippen LogP contribution in [0.4, 0.5) is 0 Å². The van der Waals surface area contributed by atoms with E-state index < -0.39 is 5.97 Å². The van der Waals surface area contributed by atoms with Crippen LogP contribution in [0.1, 0.15) is 26.3 Å². The SMILES string of the molecule is COc1ccc(C(=O)NN=Cc2c(OC(=O)c3ccc(OC)cc3)ccc3ccccc23)cc1. The average Bonchev–Trinajstić information content (AvgIpc) is 2.89. The number of fused-ring (bicyclic) bond motifs is 1. The minimum atomic E-state index is -0.519. The number of hydrazone groups is 1. The van der Waals surface area contributed by atoms with Gasteiger partial charge in [-0.2, -0.15) is 5.10 Å². The molecule has 0 aliphatic carbocycles. The molecule has 4 aromatic rings. The van der Waals surface area contributed by atoms with Gasteiger partial charge < -0.3 is 14.2 Å². The maximum Gasteiger partial charge on any atom is 0.343 e. The van der Waals surface area contributed by atoms with Crippen molar-refractivity contribution >= 4 is 28.9 Å². The molecule has 4 aromatic carbocycles. The molecule has 0 fully saturated rings. The van der Waals surface area contributed by atoms with Crippen LogP contribution in [-0.4, -0.2) is 32.3 Å². The molecule has 0 saturated carbocycles. The van der Waals surface area contributed by atoms with E-state index in [1.807, 2.05) is 30.3 Å². The Morgan fingerprint density at radius 1 is 0.765 bits per heavy atom. The molecule has 1 N–H and O–H groups in total. The standard InChI is InChI=1S/C27H22N2O5/c1-32-21-12-7-19(8-13-21)26(30)29-28-17-24-23-6-4-3-5-18(23)11-16-25(24)34-27(31)20-9-14-22(33-2)15-10-20/h3-17H,1-2H3,(H,29,30). The number of carbonyl (C=O) groups excluding carboxylic acids is 2. The summed E-state index contributed by atoms with van der Waals surface area (Å²) in [4.78, 5) is 25.2. The predicted molar refractivity (Wildman–Crippen MR) is 130 cm³/mol. The molecule has 34 heavy (non-hydrogen) atoms. The van der Waals surface area contributed by atoms with Gasteiger partial charge in [0.25, 0.3) is 5.91 Å². The number of methoxy groups -OCH3 is 2. The van der Waals surface area contributed by atoms with Crippen LogP contribution < -0.4 is 19.6 Å². The van der Waals surface area contributed by atoms with Gasteiger partial charge in [-0.1, -0.05) is 30.3 Å². The number of nitrogens with zero attached hydrogens (tertiary/aromatic N) is 1. The minimum absolute atomic E-state index is 0.321. The van der Waals surface area contributed by atoms with Crippen molar-refractivity contribution in [2.75, 3.05) is 14.2 Å². The number of benzene rings is 4. The maximum absolute atomic E-state index is 12.7. The largest absolute Gasteiger partial charge is 0.497 e. The van der Waals surface area contributed by atoms with Gasteiger partial charge in [-0.05, 0) is 65.4 Å². The van der Waals surface area contributed by atoms with Crippen molar-refractivity contribution in [1.82, 2.24) is 5.43 Å². The molecular weight excluding hydrogens is 432 g/mol. The van der Waals surface area contributed by atoms with Crippen molar-refractivity contribution in [2.24, 2.45) is 5.10 Å². The van der Waals surface area contributed by atoms with E-state index in [9.17, 15) is 9.59 Å². The summed E-state index contributed by atoms with van der Waals surface area (Å²) in [6, 6.07) is 24.5. The third-order valence-corrected chi connectivity index (χ3v) is 5.17. The normalized spacial score (nSPS) is 10.8. The van der Waals surface area contributed by atoms with Crippen molar-refractivity contribution in [2.45, 2.75) is 0 Å².